The monoisotopic (exact) mass is 320 g/mol. The maximum atomic E-state index is 13.5. The van der Waals surface area contributed by atoms with Crippen LogP contribution in [0, 0.1) is 17.2 Å². The Morgan fingerprint density at radius 2 is 1.96 bits per heavy atom. The third kappa shape index (κ3) is 4.79. The van der Waals surface area contributed by atoms with Gasteiger partial charge < -0.3 is 4.74 Å². The van der Waals surface area contributed by atoms with E-state index in [9.17, 15) is 9.18 Å². The van der Waals surface area contributed by atoms with Crippen LogP contribution in [-0.4, -0.2) is 12.9 Å². The summed E-state index contributed by atoms with van der Waals surface area (Å²) in [4.78, 5) is 10.6. The van der Waals surface area contributed by atoms with Crippen molar-refractivity contribution >= 4 is 6.29 Å². The first-order chi connectivity index (χ1) is 11.1. The van der Waals surface area contributed by atoms with Crippen LogP contribution in [0.1, 0.15) is 75.6 Å². The number of hydrogen-bond donors (Lipinski definition) is 0. The van der Waals surface area contributed by atoms with Crippen LogP contribution >= 0.6 is 0 Å². The molecular weight excluding hydrogens is 291 g/mol. The molecule has 1 saturated carbocycles. The molecule has 0 bridgehead atoms. The molecular formula is C20H29FO2. The highest BCUT2D eigenvalue weighted by Crippen LogP contribution is 2.53. The van der Waals surface area contributed by atoms with E-state index >= 15 is 0 Å². The quantitative estimate of drug-likeness (QED) is 0.402. The maximum Gasteiger partial charge on any atom is 0.152 e. The van der Waals surface area contributed by atoms with Crippen LogP contribution in [-0.2, 0) is 0 Å². The molecule has 0 aliphatic heterocycles. The maximum absolute atomic E-state index is 13.5. The first-order valence-corrected chi connectivity index (χ1v) is 9.00. The lowest BCUT2D eigenvalue weighted by Gasteiger charge is -2.48. The summed E-state index contributed by atoms with van der Waals surface area (Å²) in [6.45, 7) is 5.19. The summed E-state index contributed by atoms with van der Waals surface area (Å²) in [5, 5.41) is 0. The van der Waals surface area contributed by atoms with Crippen molar-refractivity contribution in [2.75, 3.05) is 6.61 Å². The van der Waals surface area contributed by atoms with Gasteiger partial charge >= 0.3 is 0 Å². The zero-order valence-corrected chi connectivity index (χ0v) is 14.4. The van der Waals surface area contributed by atoms with Crippen LogP contribution in [0.2, 0.25) is 0 Å². The zero-order valence-electron chi connectivity index (χ0n) is 14.4. The van der Waals surface area contributed by atoms with E-state index in [0.29, 0.717) is 24.1 Å². The number of aldehydes is 1. The van der Waals surface area contributed by atoms with Gasteiger partial charge in [0.1, 0.15) is 11.6 Å². The Morgan fingerprint density at radius 3 is 2.52 bits per heavy atom. The number of ether oxygens (including phenoxy) is 1. The van der Waals surface area contributed by atoms with Gasteiger partial charge in [-0.25, -0.2) is 4.39 Å². The number of rotatable bonds is 10. The smallest absolute Gasteiger partial charge is 0.152 e. The van der Waals surface area contributed by atoms with Crippen LogP contribution in [0.4, 0.5) is 4.39 Å². The fourth-order valence-electron chi connectivity index (χ4n) is 4.22. The minimum atomic E-state index is -0.514. The molecule has 0 atom stereocenters. The van der Waals surface area contributed by atoms with Gasteiger partial charge in [-0.05, 0) is 62.0 Å². The average molecular weight is 320 g/mol. The summed E-state index contributed by atoms with van der Waals surface area (Å²) >= 11 is 0. The van der Waals surface area contributed by atoms with Crippen molar-refractivity contribution in [2.24, 2.45) is 11.3 Å². The second-order valence-electron chi connectivity index (χ2n) is 7.07. The molecule has 0 heterocycles. The highest BCUT2D eigenvalue weighted by Gasteiger charge is 2.41. The van der Waals surface area contributed by atoms with Gasteiger partial charge in [0.2, 0.25) is 0 Å². The van der Waals surface area contributed by atoms with Crippen molar-refractivity contribution in [3.05, 3.63) is 29.6 Å². The van der Waals surface area contributed by atoms with E-state index in [2.05, 4.69) is 13.8 Å². The highest BCUT2D eigenvalue weighted by molar-refractivity contribution is 5.75. The number of carbonyl (C=O) groups excluding carboxylic acids is 1. The van der Waals surface area contributed by atoms with E-state index in [1.54, 1.807) is 6.07 Å². The largest absolute Gasteiger partial charge is 0.493 e. The van der Waals surface area contributed by atoms with Crippen molar-refractivity contribution < 1.29 is 13.9 Å². The molecule has 23 heavy (non-hydrogen) atoms. The predicted molar refractivity (Wildman–Crippen MR) is 91.5 cm³/mol. The third-order valence-electron chi connectivity index (χ3n) is 5.13. The van der Waals surface area contributed by atoms with E-state index in [-0.39, 0.29) is 5.56 Å². The van der Waals surface area contributed by atoms with Crippen LogP contribution in [0.5, 0.6) is 5.75 Å². The van der Waals surface area contributed by atoms with E-state index in [0.717, 1.165) is 12.3 Å². The van der Waals surface area contributed by atoms with Crippen molar-refractivity contribution in [3.63, 3.8) is 0 Å². The minimum Gasteiger partial charge on any atom is -0.493 e. The van der Waals surface area contributed by atoms with E-state index in [1.807, 2.05) is 0 Å². The van der Waals surface area contributed by atoms with Gasteiger partial charge in [-0.3, -0.25) is 4.79 Å². The second-order valence-corrected chi connectivity index (χ2v) is 7.07. The lowest BCUT2D eigenvalue weighted by Crippen LogP contribution is -2.37. The minimum absolute atomic E-state index is 0.0787. The number of benzene rings is 1. The van der Waals surface area contributed by atoms with Gasteiger partial charge in [0.05, 0.1) is 12.2 Å². The molecule has 1 aromatic carbocycles. The Kier molecular flexibility index (Phi) is 6.61. The lowest BCUT2D eigenvalue weighted by atomic mass is 9.57. The van der Waals surface area contributed by atoms with Gasteiger partial charge in [0, 0.05) is 6.07 Å². The molecule has 0 radical (unpaired) electrons. The summed E-state index contributed by atoms with van der Waals surface area (Å²) < 4.78 is 19.1. The van der Waals surface area contributed by atoms with Gasteiger partial charge in [0.25, 0.3) is 0 Å². The molecule has 1 aromatic rings. The summed E-state index contributed by atoms with van der Waals surface area (Å²) in [5.74, 6) is 0.833. The summed E-state index contributed by atoms with van der Waals surface area (Å²) in [6.07, 6.45) is 10.8. The fraction of sp³-hybridized carbons (Fsp3) is 0.650. The van der Waals surface area contributed by atoms with E-state index < -0.39 is 5.82 Å². The van der Waals surface area contributed by atoms with Crippen molar-refractivity contribution in [3.8, 4) is 5.75 Å². The first-order valence-electron chi connectivity index (χ1n) is 9.00. The molecule has 1 fully saturated rings. The average Bonchev–Trinajstić information content (AvgIpc) is 2.50. The Labute approximate surface area is 139 Å². The molecule has 0 unspecified atom stereocenters. The Balaban J connectivity index is 1.67. The lowest BCUT2D eigenvalue weighted by molar-refractivity contribution is 0.0259. The molecule has 1 aliphatic rings. The third-order valence-corrected chi connectivity index (χ3v) is 5.13. The molecule has 0 saturated heterocycles. The van der Waals surface area contributed by atoms with E-state index in [1.165, 1.54) is 57.1 Å². The summed E-state index contributed by atoms with van der Waals surface area (Å²) in [7, 11) is 0. The number of halogens is 1. The molecule has 1 aliphatic carbocycles. The molecule has 2 rings (SSSR count). The standard InChI is InChI=1S/C20H29FO2/c1-3-9-20(10-4-2)13-16(14-20)6-5-11-23-18-8-7-17(15-22)19(21)12-18/h7-8,12,15-16H,3-6,9-11,13-14H2,1-2H3. The number of hydrogen-bond acceptors (Lipinski definition) is 2. The Morgan fingerprint density at radius 1 is 1.26 bits per heavy atom. The SMILES string of the molecule is CCCC1(CCC)CC(CCCOc2ccc(C=O)c(F)c2)C1. The molecule has 3 heteroatoms. The molecule has 0 aromatic heterocycles. The fourth-order valence-corrected chi connectivity index (χ4v) is 4.22. The Bertz CT molecular complexity index is 498. The van der Waals surface area contributed by atoms with Crippen LogP contribution in [0.15, 0.2) is 18.2 Å². The molecule has 2 nitrogen and oxygen atoms in total. The van der Waals surface area contributed by atoms with E-state index in [4.69, 9.17) is 4.74 Å². The Hall–Kier alpha value is -1.38. The predicted octanol–water partition coefficient (Wildman–Crippen LogP) is 5.79. The van der Waals surface area contributed by atoms with Gasteiger partial charge in [-0.1, -0.05) is 26.7 Å². The second kappa shape index (κ2) is 8.47. The molecule has 0 amide bonds. The topological polar surface area (TPSA) is 26.3 Å². The van der Waals surface area contributed by atoms with Crippen molar-refractivity contribution in [2.45, 2.75) is 65.2 Å². The van der Waals surface area contributed by atoms with Crippen molar-refractivity contribution in [1.82, 2.24) is 0 Å². The van der Waals surface area contributed by atoms with Gasteiger partial charge in [-0.2, -0.15) is 0 Å². The molecule has 0 spiro atoms. The summed E-state index contributed by atoms with van der Waals surface area (Å²) in [5.41, 5.74) is 0.707. The number of carbonyl (C=O) groups is 1. The molecule has 128 valence electrons. The van der Waals surface area contributed by atoms with Gasteiger partial charge in [-0.15, -0.1) is 0 Å². The van der Waals surface area contributed by atoms with Crippen LogP contribution < -0.4 is 4.74 Å². The van der Waals surface area contributed by atoms with Crippen molar-refractivity contribution in [1.29, 1.82) is 0 Å². The highest BCUT2D eigenvalue weighted by atomic mass is 19.1. The van der Waals surface area contributed by atoms with Crippen LogP contribution in [0.3, 0.4) is 0 Å². The van der Waals surface area contributed by atoms with Gasteiger partial charge in [0.15, 0.2) is 6.29 Å². The zero-order chi connectivity index (χ0) is 16.7. The summed E-state index contributed by atoms with van der Waals surface area (Å²) in [6, 6.07) is 4.41. The first kappa shape index (κ1) is 18.0. The van der Waals surface area contributed by atoms with Crippen LogP contribution in [0.25, 0.3) is 0 Å². The normalized spacial score (nSPS) is 16.8. The molecule has 0 N–H and O–H groups in total.